The summed E-state index contributed by atoms with van der Waals surface area (Å²) in [5.74, 6) is 0.0633. The Labute approximate surface area is 114 Å². The molecule has 1 aromatic carbocycles. The summed E-state index contributed by atoms with van der Waals surface area (Å²) in [4.78, 5) is 11.9. The average Bonchev–Trinajstić information content (AvgIpc) is 2.36. The SMILES string of the molecule is CCC(C)C(N)C(=O)NC(C)c1cccc(Cl)c1. The monoisotopic (exact) mass is 268 g/mol. The Bertz CT molecular complexity index is 409. The summed E-state index contributed by atoms with van der Waals surface area (Å²) in [6.45, 7) is 5.93. The molecule has 0 bridgehead atoms. The van der Waals surface area contributed by atoms with Crippen molar-refractivity contribution < 1.29 is 4.79 Å². The number of amides is 1. The van der Waals surface area contributed by atoms with E-state index in [1.165, 1.54) is 0 Å². The maximum absolute atomic E-state index is 11.9. The highest BCUT2D eigenvalue weighted by Gasteiger charge is 2.21. The van der Waals surface area contributed by atoms with E-state index in [-0.39, 0.29) is 17.9 Å². The van der Waals surface area contributed by atoms with Gasteiger partial charge in [0.05, 0.1) is 12.1 Å². The summed E-state index contributed by atoms with van der Waals surface area (Å²) in [6, 6.07) is 6.91. The minimum atomic E-state index is -0.461. The molecule has 3 atom stereocenters. The van der Waals surface area contributed by atoms with Crippen molar-refractivity contribution in [1.29, 1.82) is 0 Å². The standard InChI is InChI=1S/C14H21ClN2O/c1-4-9(2)13(16)14(18)17-10(3)11-6-5-7-12(15)8-11/h5-10,13H,4,16H2,1-3H3,(H,17,18). The minimum absolute atomic E-state index is 0.0914. The van der Waals surface area contributed by atoms with Crippen LogP contribution in [0.3, 0.4) is 0 Å². The predicted molar refractivity (Wildman–Crippen MR) is 75.4 cm³/mol. The average molecular weight is 269 g/mol. The van der Waals surface area contributed by atoms with Crippen molar-refractivity contribution in [3.63, 3.8) is 0 Å². The van der Waals surface area contributed by atoms with Gasteiger partial charge in [-0.05, 0) is 30.5 Å². The van der Waals surface area contributed by atoms with E-state index in [9.17, 15) is 4.79 Å². The fraction of sp³-hybridized carbons (Fsp3) is 0.500. The summed E-state index contributed by atoms with van der Waals surface area (Å²) in [6.07, 6.45) is 0.889. The van der Waals surface area contributed by atoms with Crippen molar-refractivity contribution in [3.8, 4) is 0 Å². The molecule has 0 saturated heterocycles. The number of hydrogen-bond acceptors (Lipinski definition) is 2. The molecule has 0 radical (unpaired) electrons. The molecular formula is C14H21ClN2O. The zero-order valence-corrected chi connectivity index (χ0v) is 11.9. The van der Waals surface area contributed by atoms with Crippen LogP contribution in [0.5, 0.6) is 0 Å². The summed E-state index contributed by atoms with van der Waals surface area (Å²) >= 11 is 5.92. The zero-order valence-electron chi connectivity index (χ0n) is 11.1. The lowest BCUT2D eigenvalue weighted by molar-refractivity contribution is -0.124. The first-order valence-corrected chi connectivity index (χ1v) is 6.65. The van der Waals surface area contributed by atoms with Gasteiger partial charge < -0.3 is 11.1 Å². The number of hydrogen-bond donors (Lipinski definition) is 2. The molecule has 0 aliphatic heterocycles. The number of halogens is 1. The Morgan fingerprint density at radius 1 is 1.44 bits per heavy atom. The maximum atomic E-state index is 11.9. The lowest BCUT2D eigenvalue weighted by atomic mass is 9.98. The van der Waals surface area contributed by atoms with Crippen LogP contribution >= 0.6 is 11.6 Å². The number of nitrogens with two attached hydrogens (primary N) is 1. The fourth-order valence-electron chi connectivity index (χ4n) is 1.68. The number of nitrogens with one attached hydrogen (secondary N) is 1. The maximum Gasteiger partial charge on any atom is 0.237 e. The molecule has 0 spiro atoms. The molecule has 1 rings (SSSR count). The van der Waals surface area contributed by atoms with Gasteiger partial charge in [0.1, 0.15) is 0 Å². The highest BCUT2D eigenvalue weighted by atomic mass is 35.5. The third-order valence-electron chi connectivity index (χ3n) is 3.27. The van der Waals surface area contributed by atoms with Gasteiger partial charge in [0, 0.05) is 5.02 Å². The molecule has 1 amide bonds. The molecule has 100 valence electrons. The quantitative estimate of drug-likeness (QED) is 0.863. The molecule has 0 aromatic heterocycles. The van der Waals surface area contributed by atoms with Crippen LogP contribution in [0.25, 0.3) is 0 Å². The van der Waals surface area contributed by atoms with Crippen LogP contribution in [0.2, 0.25) is 5.02 Å². The molecule has 0 fully saturated rings. The van der Waals surface area contributed by atoms with E-state index in [1.54, 1.807) is 0 Å². The van der Waals surface area contributed by atoms with E-state index in [0.29, 0.717) is 5.02 Å². The molecule has 1 aromatic rings. The van der Waals surface area contributed by atoms with E-state index < -0.39 is 6.04 Å². The predicted octanol–water partition coefficient (Wildman–Crippen LogP) is 2.89. The van der Waals surface area contributed by atoms with Crippen LogP contribution in [0.4, 0.5) is 0 Å². The molecular weight excluding hydrogens is 248 g/mol. The van der Waals surface area contributed by atoms with E-state index in [1.807, 2.05) is 45.0 Å². The number of benzene rings is 1. The first kappa shape index (κ1) is 15.0. The molecule has 3 unspecified atom stereocenters. The number of rotatable bonds is 5. The molecule has 4 heteroatoms. The molecule has 0 saturated carbocycles. The first-order chi connectivity index (χ1) is 8.45. The molecule has 0 aliphatic rings. The first-order valence-electron chi connectivity index (χ1n) is 6.27. The Balaban J connectivity index is 2.65. The number of carbonyl (C=O) groups excluding carboxylic acids is 1. The van der Waals surface area contributed by atoms with Gasteiger partial charge in [0.15, 0.2) is 0 Å². The van der Waals surface area contributed by atoms with Crippen molar-refractivity contribution in [2.75, 3.05) is 0 Å². The highest BCUT2D eigenvalue weighted by molar-refractivity contribution is 6.30. The van der Waals surface area contributed by atoms with Crippen LogP contribution in [0.1, 0.15) is 38.8 Å². The smallest absolute Gasteiger partial charge is 0.237 e. The molecule has 0 heterocycles. The Morgan fingerprint density at radius 3 is 2.67 bits per heavy atom. The van der Waals surface area contributed by atoms with Crippen LogP contribution in [-0.2, 0) is 4.79 Å². The van der Waals surface area contributed by atoms with Crippen molar-refractivity contribution in [1.82, 2.24) is 5.32 Å². The van der Waals surface area contributed by atoms with Crippen molar-refractivity contribution in [2.24, 2.45) is 11.7 Å². The van der Waals surface area contributed by atoms with E-state index in [0.717, 1.165) is 12.0 Å². The van der Waals surface area contributed by atoms with Gasteiger partial charge in [-0.25, -0.2) is 0 Å². The third-order valence-corrected chi connectivity index (χ3v) is 3.50. The van der Waals surface area contributed by atoms with Crippen LogP contribution in [0, 0.1) is 5.92 Å². The lowest BCUT2D eigenvalue weighted by Gasteiger charge is -2.21. The molecule has 3 N–H and O–H groups in total. The van der Waals surface area contributed by atoms with Gasteiger partial charge >= 0.3 is 0 Å². The Morgan fingerprint density at radius 2 is 2.11 bits per heavy atom. The molecule has 0 aliphatic carbocycles. The minimum Gasteiger partial charge on any atom is -0.348 e. The van der Waals surface area contributed by atoms with Gasteiger partial charge in [-0.15, -0.1) is 0 Å². The molecule has 3 nitrogen and oxygen atoms in total. The summed E-state index contributed by atoms with van der Waals surface area (Å²) in [7, 11) is 0. The van der Waals surface area contributed by atoms with Crippen molar-refractivity contribution >= 4 is 17.5 Å². The Kier molecular flexibility index (Phi) is 5.63. The van der Waals surface area contributed by atoms with Crippen LogP contribution in [0.15, 0.2) is 24.3 Å². The van der Waals surface area contributed by atoms with Gasteiger partial charge in [-0.2, -0.15) is 0 Å². The normalized spacial score (nSPS) is 15.8. The zero-order chi connectivity index (χ0) is 13.7. The van der Waals surface area contributed by atoms with Gasteiger partial charge in [-0.3, -0.25) is 4.79 Å². The second kappa shape index (κ2) is 6.76. The van der Waals surface area contributed by atoms with Crippen molar-refractivity contribution in [3.05, 3.63) is 34.9 Å². The lowest BCUT2D eigenvalue weighted by Crippen LogP contribution is -2.45. The molecule has 18 heavy (non-hydrogen) atoms. The number of carbonyl (C=O) groups is 1. The second-order valence-electron chi connectivity index (χ2n) is 4.70. The van der Waals surface area contributed by atoms with Gasteiger partial charge in [0.2, 0.25) is 5.91 Å². The largest absolute Gasteiger partial charge is 0.348 e. The van der Waals surface area contributed by atoms with E-state index in [2.05, 4.69) is 5.32 Å². The third kappa shape index (κ3) is 4.00. The highest BCUT2D eigenvalue weighted by Crippen LogP contribution is 2.17. The van der Waals surface area contributed by atoms with Crippen LogP contribution in [-0.4, -0.2) is 11.9 Å². The van der Waals surface area contributed by atoms with E-state index >= 15 is 0 Å². The second-order valence-corrected chi connectivity index (χ2v) is 5.13. The summed E-state index contributed by atoms with van der Waals surface area (Å²) < 4.78 is 0. The van der Waals surface area contributed by atoms with Crippen LogP contribution < -0.4 is 11.1 Å². The fourth-order valence-corrected chi connectivity index (χ4v) is 1.88. The van der Waals surface area contributed by atoms with Gasteiger partial charge in [-0.1, -0.05) is 44.0 Å². The Hall–Kier alpha value is -1.06. The summed E-state index contributed by atoms with van der Waals surface area (Å²) in [5, 5.41) is 3.58. The summed E-state index contributed by atoms with van der Waals surface area (Å²) in [5.41, 5.74) is 6.87. The topological polar surface area (TPSA) is 55.1 Å². The van der Waals surface area contributed by atoms with Crippen molar-refractivity contribution in [2.45, 2.75) is 39.3 Å². The van der Waals surface area contributed by atoms with Gasteiger partial charge in [0.25, 0.3) is 0 Å². The van der Waals surface area contributed by atoms with E-state index in [4.69, 9.17) is 17.3 Å².